The number of rotatable bonds is 9. The van der Waals surface area contributed by atoms with Crippen LogP contribution in [0.3, 0.4) is 0 Å². The Labute approximate surface area is 171 Å². The number of ether oxygens (including phenoxy) is 1. The Hall–Kier alpha value is -1.45. The van der Waals surface area contributed by atoms with Gasteiger partial charge in [0.2, 0.25) is 0 Å². The van der Waals surface area contributed by atoms with E-state index >= 15 is 0 Å². The molecule has 1 aromatic carbocycles. The molecule has 0 saturated carbocycles. The largest absolute Gasteiger partial charge is 0.378 e. The maximum atomic E-state index is 7.12. The van der Waals surface area contributed by atoms with Crippen molar-refractivity contribution in [2.45, 2.75) is 89.6 Å². The van der Waals surface area contributed by atoms with Crippen LogP contribution in [0.4, 0.5) is 0 Å². The van der Waals surface area contributed by atoms with E-state index in [1.807, 2.05) is 18.2 Å². The topological polar surface area (TPSA) is 52.1 Å². The lowest BCUT2D eigenvalue weighted by Gasteiger charge is -2.52. The molecule has 5 heteroatoms. The van der Waals surface area contributed by atoms with E-state index in [0.717, 1.165) is 24.8 Å². The van der Waals surface area contributed by atoms with E-state index in [2.05, 4.69) is 49.7 Å². The van der Waals surface area contributed by atoms with Crippen molar-refractivity contribution >= 4 is 0 Å². The van der Waals surface area contributed by atoms with Crippen LogP contribution < -0.4 is 5.73 Å². The lowest BCUT2D eigenvalue weighted by molar-refractivity contribution is -0.312. The first-order valence-corrected chi connectivity index (χ1v) is 10.3. The van der Waals surface area contributed by atoms with E-state index in [-0.39, 0.29) is 17.2 Å². The third-order valence-corrected chi connectivity index (χ3v) is 5.58. The van der Waals surface area contributed by atoms with Crippen LogP contribution in [0.15, 0.2) is 30.3 Å². The van der Waals surface area contributed by atoms with Gasteiger partial charge >= 0.3 is 0 Å². The van der Waals surface area contributed by atoms with Crippen LogP contribution in [0.2, 0.25) is 0 Å². The van der Waals surface area contributed by atoms with Gasteiger partial charge in [0.15, 0.2) is 0 Å². The van der Waals surface area contributed by atoms with Crippen LogP contribution in [0, 0.1) is 6.57 Å². The molecule has 0 spiro atoms. The minimum Gasteiger partial charge on any atom is -0.378 e. The smallest absolute Gasteiger partial charge is 0.281 e. The molecule has 2 atom stereocenters. The summed E-state index contributed by atoms with van der Waals surface area (Å²) in [5.74, 6) is 0. The second-order valence-corrected chi connectivity index (χ2v) is 9.42. The minimum atomic E-state index is -0.805. The standard InChI is InChI=1S/C23H37N3O2/c1-21(2)14-10-15-22(3,4)26(21)28-20(19-12-8-7-9-13-19)18-27-17-11-16-23(5,24)25-6/h7-9,12-13,20H,10-11,14-18,24H2,1-5H3. The molecule has 1 fully saturated rings. The molecule has 1 aliphatic rings. The van der Waals surface area contributed by atoms with Crippen LogP contribution in [0.5, 0.6) is 0 Å². The number of nitrogens with zero attached hydrogens (tertiary/aromatic N) is 2. The van der Waals surface area contributed by atoms with Gasteiger partial charge in [0.1, 0.15) is 6.10 Å². The number of hydrogen-bond donors (Lipinski definition) is 1. The molecular weight excluding hydrogens is 350 g/mol. The van der Waals surface area contributed by atoms with Crippen molar-refractivity contribution in [3.05, 3.63) is 47.3 Å². The molecule has 0 aliphatic carbocycles. The monoisotopic (exact) mass is 387 g/mol. The lowest BCUT2D eigenvalue weighted by Crippen LogP contribution is -2.58. The predicted octanol–water partition coefficient (Wildman–Crippen LogP) is 5.09. The maximum absolute atomic E-state index is 7.12. The van der Waals surface area contributed by atoms with Gasteiger partial charge in [-0.15, -0.1) is 0 Å². The summed E-state index contributed by atoms with van der Waals surface area (Å²) in [6.45, 7) is 18.9. The van der Waals surface area contributed by atoms with Gasteiger partial charge in [-0.3, -0.25) is 15.4 Å². The average molecular weight is 388 g/mol. The summed E-state index contributed by atoms with van der Waals surface area (Å²) in [6, 6.07) is 10.3. The zero-order chi connectivity index (χ0) is 20.8. The van der Waals surface area contributed by atoms with Crippen molar-refractivity contribution < 1.29 is 9.57 Å². The fourth-order valence-corrected chi connectivity index (χ4v) is 4.02. The van der Waals surface area contributed by atoms with E-state index in [1.165, 1.54) is 6.42 Å². The summed E-state index contributed by atoms with van der Waals surface area (Å²) in [5, 5.41) is 2.19. The van der Waals surface area contributed by atoms with E-state index in [0.29, 0.717) is 19.6 Å². The highest BCUT2D eigenvalue weighted by molar-refractivity contribution is 5.17. The number of piperidine rings is 1. The van der Waals surface area contributed by atoms with Crippen LogP contribution in [-0.2, 0) is 9.57 Å². The van der Waals surface area contributed by atoms with E-state index < -0.39 is 5.66 Å². The van der Waals surface area contributed by atoms with Crippen molar-refractivity contribution in [3.63, 3.8) is 0 Å². The molecule has 0 aromatic heterocycles. The molecular formula is C23H37N3O2. The fourth-order valence-electron chi connectivity index (χ4n) is 4.02. The second kappa shape index (κ2) is 9.37. The number of nitrogens with two attached hydrogens (primary N) is 1. The molecule has 28 heavy (non-hydrogen) atoms. The SMILES string of the molecule is [C-]#[N+]C(C)(N)CCCOCC(ON1C(C)(C)CCCC1(C)C)c1ccccc1. The van der Waals surface area contributed by atoms with Crippen molar-refractivity contribution in [2.24, 2.45) is 5.73 Å². The zero-order valence-corrected chi connectivity index (χ0v) is 18.2. The van der Waals surface area contributed by atoms with Gasteiger partial charge in [-0.05, 0) is 58.9 Å². The van der Waals surface area contributed by atoms with E-state index in [4.69, 9.17) is 21.9 Å². The first-order chi connectivity index (χ1) is 13.1. The molecule has 5 nitrogen and oxygen atoms in total. The first-order valence-electron chi connectivity index (χ1n) is 10.3. The summed E-state index contributed by atoms with van der Waals surface area (Å²) in [7, 11) is 0. The van der Waals surface area contributed by atoms with Crippen molar-refractivity contribution in [2.75, 3.05) is 13.2 Å². The summed E-state index contributed by atoms with van der Waals surface area (Å²) in [4.78, 5) is 10.1. The maximum Gasteiger partial charge on any atom is 0.281 e. The van der Waals surface area contributed by atoms with Crippen LogP contribution in [0.1, 0.15) is 78.4 Å². The third-order valence-electron chi connectivity index (χ3n) is 5.58. The highest BCUT2D eigenvalue weighted by atomic mass is 16.7. The quantitative estimate of drug-likeness (QED) is 0.473. The summed E-state index contributed by atoms with van der Waals surface area (Å²) >= 11 is 0. The molecule has 0 bridgehead atoms. The Balaban J connectivity index is 2.03. The minimum absolute atomic E-state index is 0.0221. The molecule has 156 valence electrons. The van der Waals surface area contributed by atoms with Gasteiger partial charge in [0.25, 0.3) is 5.66 Å². The van der Waals surface area contributed by atoms with Gasteiger partial charge in [-0.2, -0.15) is 5.06 Å². The van der Waals surface area contributed by atoms with Crippen molar-refractivity contribution in [1.29, 1.82) is 0 Å². The number of hydrogen-bond acceptors (Lipinski definition) is 4. The Morgan fingerprint density at radius 1 is 1.18 bits per heavy atom. The Kier molecular flexibility index (Phi) is 7.64. The Morgan fingerprint density at radius 3 is 2.36 bits per heavy atom. The molecule has 0 amide bonds. The van der Waals surface area contributed by atoms with E-state index in [9.17, 15) is 0 Å². The van der Waals surface area contributed by atoms with E-state index in [1.54, 1.807) is 6.92 Å². The number of hydroxylamine groups is 2. The second-order valence-electron chi connectivity index (χ2n) is 9.42. The zero-order valence-electron chi connectivity index (χ0n) is 18.2. The van der Waals surface area contributed by atoms with Crippen molar-refractivity contribution in [3.8, 4) is 0 Å². The van der Waals surface area contributed by atoms with Crippen LogP contribution in [0.25, 0.3) is 4.85 Å². The Bertz CT molecular complexity index is 634. The average Bonchev–Trinajstić information content (AvgIpc) is 2.63. The molecule has 1 aliphatic heterocycles. The summed E-state index contributed by atoms with van der Waals surface area (Å²) < 4.78 is 5.96. The Morgan fingerprint density at radius 2 is 1.79 bits per heavy atom. The highest BCUT2D eigenvalue weighted by Gasteiger charge is 2.43. The van der Waals surface area contributed by atoms with Gasteiger partial charge < -0.3 is 4.74 Å². The molecule has 1 saturated heterocycles. The highest BCUT2D eigenvalue weighted by Crippen LogP contribution is 2.40. The molecule has 2 rings (SSSR count). The van der Waals surface area contributed by atoms with Gasteiger partial charge in [-0.25, -0.2) is 6.57 Å². The van der Waals surface area contributed by atoms with Gasteiger partial charge in [-0.1, -0.05) is 30.3 Å². The molecule has 1 heterocycles. The number of benzene rings is 1. The molecule has 0 radical (unpaired) electrons. The predicted molar refractivity (Wildman–Crippen MR) is 113 cm³/mol. The van der Waals surface area contributed by atoms with Gasteiger partial charge in [0.05, 0.1) is 6.61 Å². The van der Waals surface area contributed by atoms with Crippen molar-refractivity contribution in [1.82, 2.24) is 5.06 Å². The molecule has 2 unspecified atom stereocenters. The third kappa shape index (κ3) is 6.28. The molecule has 2 N–H and O–H groups in total. The van der Waals surface area contributed by atoms with Gasteiger partial charge in [0, 0.05) is 31.0 Å². The van der Waals surface area contributed by atoms with Crippen LogP contribution in [-0.4, -0.2) is 35.0 Å². The lowest BCUT2D eigenvalue weighted by atomic mass is 9.82. The fraction of sp³-hybridized carbons (Fsp3) is 0.696. The normalized spacial score (nSPS) is 22.2. The first kappa shape index (κ1) is 22.8. The van der Waals surface area contributed by atoms with Crippen LogP contribution >= 0.6 is 0 Å². The summed E-state index contributed by atoms with van der Waals surface area (Å²) in [5.41, 5.74) is 6.16. The summed E-state index contributed by atoms with van der Waals surface area (Å²) in [6.07, 6.45) is 4.67. The molecule has 1 aromatic rings.